The number of rotatable bonds is 1. The highest BCUT2D eigenvalue weighted by molar-refractivity contribution is 7.12. The third-order valence-electron chi connectivity index (χ3n) is 15.5. The molecule has 11 rings (SSSR count). The molecule has 21 heteroatoms. The Labute approximate surface area is 774 Å². The lowest BCUT2D eigenvalue weighted by molar-refractivity contribution is -0.131. The van der Waals surface area contributed by atoms with Gasteiger partial charge in [0.05, 0.1) is 12.2 Å². The Morgan fingerprint density at radius 3 is 1.37 bits per heavy atom. The second-order valence-corrected chi connectivity index (χ2v) is 45.3. The minimum Gasteiger partial charge on any atom is -0.360 e. The van der Waals surface area contributed by atoms with Crippen molar-refractivity contribution in [3.8, 4) is 98.8 Å². The fourth-order valence-corrected chi connectivity index (χ4v) is 12.1. The number of likely N-dealkylation sites (tertiary alicyclic amines) is 1. The lowest BCUT2D eigenvalue weighted by Crippen LogP contribution is -2.46. The summed E-state index contributed by atoms with van der Waals surface area (Å²) in [6.07, 6.45) is 62.2. The maximum atomic E-state index is 11.3. The molecule has 1 saturated heterocycles. The van der Waals surface area contributed by atoms with E-state index < -0.39 is 0 Å². The Bertz CT molecular complexity index is 4470. The number of nitrogens with zero attached hydrogens (tertiary/aromatic N) is 11. The van der Waals surface area contributed by atoms with Crippen LogP contribution in [0.2, 0.25) is 0 Å². The molecule has 0 bridgehead atoms. The number of aliphatic imine (C=N–C) groups is 1. The first-order valence-electron chi connectivity index (χ1n) is 41.6. The average molecular weight is 1780 g/mol. The molecule has 7 aromatic rings. The number of aromatic amines is 2. The first-order valence-corrected chi connectivity index (χ1v) is 44.9. The van der Waals surface area contributed by atoms with E-state index in [0.717, 1.165) is 89.8 Å². The second kappa shape index (κ2) is 55.2. The minimum absolute atomic E-state index is 0.0118. The average Bonchev–Trinajstić information content (AvgIpc) is 1.52. The molecular formula is C104H151N13O4S4. The molecule has 1 unspecified atom stereocenters. The van der Waals surface area contributed by atoms with E-state index in [4.69, 9.17) is 55.9 Å². The summed E-state index contributed by atoms with van der Waals surface area (Å²) in [6.45, 7) is 84.8. The fraction of sp³-hybridized carbons (Fsp3) is 0.529. The van der Waals surface area contributed by atoms with E-state index in [0.29, 0.717) is 39.1 Å². The van der Waals surface area contributed by atoms with Gasteiger partial charge in [0.2, 0.25) is 17.7 Å². The Morgan fingerprint density at radius 1 is 0.560 bits per heavy atom. The van der Waals surface area contributed by atoms with Crippen molar-refractivity contribution in [2.75, 3.05) is 32.7 Å². The summed E-state index contributed by atoms with van der Waals surface area (Å²) in [5, 5.41) is 15.5. The van der Waals surface area contributed by atoms with E-state index in [1.54, 1.807) is 54.2 Å². The molecule has 11 heterocycles. The molecule has 680 valence electrons. The van der Waals surface area contributed by atoms with Gasteiger partial charge in [-0.1, -0.05) is 250 Å². The van der Waals surface area contributed by atoms with Crippen LogP contribution in [0.25, 0.3) is 0 Å². The van der Waals surface area contributed by atoms with Gasteiger partial charge in [-0.05, 0) is 187 Å². The third-order valence-corrected chi connectivity index (χ3v) is 19.5. The highest BCUT2D eigenvalue weighted by atomic mass is 32.1. The molecule has 2 N–H and O–H groups in total. The number of imidazole rings is 1. The fourth-order valence-electron chi connectivity index (χ4n) is 8.87. The van der Waals surface area contributed by atoms with Crippen LogP contribution in [0.15, 0.2) is 112 Å². The minimum atomic E-state index is -0.0272. The van der Waals surface area contributed by atoms with Crippen LogP contribution in [-0.4, -0.2) is 126 Å². The predicted octanol–water partition coefficient (Wildman–Crippen LogP) is 24.0. The van der Waals surface area contributed by atoms with E-state index in [-0.39, 0.29) is 55.9 Å². The normalized spacial score (nSPS) is 13.7. The summed E-state index contributed by atoms with van der Waals surface area (Å²) in [5.74, 6) is 22.1. The number of allylic oxidation sites excluding steroid dienone is 1. The largest absolute Gasteiger partial charge is 0.360 e. The van der Waals surface area contributed by atoms with Crippen molar-refractivity contribution in [1.29, 1.82) is 0 Å². The predicted molar refractivity (Wildman–Crippen MR) is 537 cm³/mol. The molecule has 7 aromatic heterocycles. The number of hydrogen-bond donors (Lipinski definition) is 2. The molecule has 4 aliphatic heterocycles. The van der Waals surface area contributed by atoms with Crippen LogP contribution < -0.4 is 0 Å². The molecule has 1 fully saturated rings. The zero-order chi connectivity index (χ0) is 97.6. The molecule has 17 nitrogen and oxygen atoms in total. The molecule has 3 amide bonds. The van der Waals surface area contributed by atoms with Gasteiger partial charge in [-0.15, -0.1) is 74.1 Å². The van der Waals surface area contributed by atoms with Gasteiger partial charge in [-0.2, -0.15) is 13.8 Å². The standard InChI is InChI=1S/C11H19NO.C9H15NO.C9H11NO.4C9H11NS.C8H13NO.C6H5N.2C5H4N2.3C5H12/c1-5-10(13)12-7-6-9(8-12)11(2,3)4;1-9(2,3)10-7-5-4-6-8(10)11;1-5-7-6-8(11-10-7)9(2,3)4;1-5-8-10-7(6-11-8)9(2,3)4;1-5-8-10-6-7(11-8)9(2,3)4;1-5-8-7(6-11-10-8)9(2,3)4;1-5-7-6-8(11-10-7)9(2,3)4;1-8(2,3)9-6-4-5-7(9)10;1-2-6-4-3-5-7-6;1-2-5-6-3-4-7-5;1-2-5-3-4-6-7-5;3*1-5(2,3)4/h5,9H,1,6-8H2,2-4H3;4,6H,5,7H2,1-3H3;5*1,6H,2-4H3;4-5H,6H2,1-3H3;1,3-4H,5H2;2*1,3-4H,(H,6,7);3*1-4H3. The number of thiazole rings is 2. The van der Waals surface area contributed by atoms with Crippen molar-refractivity contribution in [3.05, 3.63) is 168 Å². The molecule has 1 atom stereocenters. The van der Waals surface area contributed by atoms with Crippen LogP contribution >= 0.6 is 45.7 Å². The molecule has 0 spiro atoms. The van der Waals surface area contributed by atoms with Crippen molar-refractivity contribution in [3.63, 3.8) is 0 Å². The van der Waals surface area contributed by atoms with Crippen molar-refractivity contribution in [1.82, 2.24) is 58.7 Å². The number of terminal acetylenes is 8. The third kappa shape index (κ3) is 57.7. The number of aromatic nitrogens is 9. The topological polar surface area (TPSA) is 208 Å². The van der Waals surface area contributed by atoms with Gasteiger partial charge in [0.15, 0.2) is 21.5 Å². The quantitative estimate of drug-likeness (QED) is 0.117. The summed E-state index contributed by atoms with van der Waals surface area (Å²) in [7, 11) is 0. The van der Waals surface area contributed by atoms with Crippen molar-refractivity contribution >= 4 is 69.2 Å². The molecule has 0 aliphatic carbocycles. The summed E-state index contributed by atoms with van der Waals surface area (Å²) in [5.41, 5.74) is 8.18. The first-order chi connectivity index (χ1) is 57.0. The number of nitrogens with one attached hydrogen (secondary N) is 2. The van der Waals surface area contributed by atoms with Crippen molar-refractivity contribution in [2.24, 2.45) is 32.6 Å². The van der Waals surface area contributed by atoms with Gasteiger partial charge in [-0.25, -0.2) is 15.0 Å². The smallest absolute Gasteiger partial charge is 0.247 e. The molecule has 0 saturated carbocycles. The Balaban J connectivity index is -0.00000129. The summed E-state index contributed by atoms with van der Waals surface area (Å²) >= 11 is 6.04. The molecule has 4 aliphatic rings. The van der Waals surface area contributed by atoms with Crippen LogP contribution in [-0.2, 0) is 41.5 Å². The van der Waals surface area contributed by atoms with Crippen LogP contribution in [0.4, 0.5) is 0 Å². The second-order valence-electron chi connectivity index (χ2n) is 42.0. The van der Waals surface area contributed by atoms with Crippen LogP contribution in [0.5, 0.6) is 0 Å². The Hall–Kier alpha value is -10.3. The molecular weight excluding hydrogens is 1620 g/mol. The SMILES string of the molecule is C#CC1=NCC=C1.C#Cc1cc(C(C)(C)C)on1.C#Cc1cc(C(C)(C)C)sn1.C#Cc1ccn[nH]1.C#Cc1nc(C(C)(C)C)cs1.C#Cc1ncc(C(C)(C)C)s1.C#Cc1ncc[nH]1.C#Cc1nscc1C(C)(C)C.C=CC(=O)N1CCC(C(C)(C)C)C1.CC(C)(C)C.CC(C)(C)C.CC(C)(C)C.CC(C)(C)N1CC=CC1=O.CC(C)(C)N1CCC=CC1=O. The highest BCUT2D eigenvalue weighted by Gasteiger charge is 2.33. The molecule has 0 radical (unpaired) electrons. The van der Waals surface area contributed by atoms with E-state index in [2.05, 4.69) is 311 Å². The number of carbonyl (C=O) groups is 3. The Morgan fingerprint density at radius 2 is 1.10 bits per heavy atom. The van der Waals surface area contributed by atoms with Gasteiger partial charge >= 0.3 is 0 Å². The molecule has 125 heavy (non-hydrogen) atoms. The zero-order valence-corrected chi connectivity index (χ0v) is 86.0. The lowest BCUT2D eigenvalue weighted by Gasteiger charge is -2.36. The van der Waals surface area contributed by atoms with E-state index in [1.165, 1.54) is 55.8 Å². The van der Waals surface area contributed by atoms with Crippen LogP contribution in [0, 0.1) is 126 Å². The van der Waals surface area contributed by atoms with E-state index in [9.17, 15) is 14.4 Å². The summed E-state index contributed by atoms with van der Waals surface area (Å²) < 4.78 is 13.2. The first kappa shape index (κ1) is 119. The van der Waals surface area contributed by atoms with E-state index >= 15 is 0 Å². The number of amides is 3. The van der Waals surface area contributed by atoms with Crippen molar-refractivity contribution in [2.45, 2.75) is 300 Å². The van der Waals surface area contributed by atoms with Crippen molar-refractivity contribution < 1.29 is 18.9 Å². The van der Waals surface area contributed by atoms with Gasteiger partial charge in [0.1, 0.15) is 28.6 Å². The van der Waals surface area contributed by atoms with E-state index in [1.807, 2.05) is 104 Å². The monoisotopic (exact) mass is 1770 g/mol. The Kier molecular flexibility index (Phi) is 52.5. The maximum absolute atomic E-state index is 11.3. The summed E-state index contributed by atoms with van der Waals surface area (Å²) in [6, 6.07) is 5.50. The van der Waals surface area contributed by atoms with Gasteiger partial charge in [0, 0.05) is 111 Å². The number of carbonyl (C=O) groups excluding carboxylic acids is 3. The maximum Gasteiger partial charge on any atom is 0.247 e. The van der Waals surface area contributed by atoms with Crippen LogP contribution in [0.1, 0.15) is 327 Å². The number of H-pyrrole nitrogens is 2. The molecule has 0 aromatic carbocycles. The zero-order valence-electron chi connectivity index (χ0n) is 82.8. The summed E-state index contributed by atoms with van der Waals surface area (Å²) in [4.78, 5) is 60.5. The van der Waals surface area contributed by atoms with Gasteiger partial charge in [-0.3, -0.25) is 24.5 Å². The number of hydrogen-bond acceptors (Lipinski definition) is 16. The van der Waals surface area contributed by atoms with Crippen LogP contribution in [0.3, 0.4) is 0 Å². The highest BCUT2D eigenvalue weighted by Crippen LogP contribution is 2.34. The van der Waals surface area contributed by atoms with Gasteiger partial charge in [0.25, 0.3) is 0 Å². The van der Waals surface area contributed by atoms with Gasteiger partial charge < -0.3 is 24.2 Å². The lowest BCUT2D eigenvalue weighted by atomic mass is 9.80.